The number of esters is 1. The van der Waals surface area contributed by atoms with E-state index in [-0.39, 0.29) is 0 Å². The molecule has 0 aliphatic rings. The molecule has 0 unspecified atom stereocenters. The van der Waals surface area contributed by atoms with E-state index in [9.17, 15) is 14.4 Å². The lowest BCUT2D eigenvalue weighted by Gasteiger charge is -2.09. The Morgan fingerprint density at radius 2 is 1.92 bits per heavy atom. The molecule has 0 aliphatic carbocycles. The number of imide groups is 1. The lowest BCUT2D eigenvalue weighted by Crippen LogP contribution is -2.33. The molecule has 0 aliphatic heterocycles. The van der Waals surface area contributed by atoms with Crippen molar-refractivity contribution in [2.45, 2.75) is 0 Å². The van der Waals surface area contributed by atoms with E-state index in [1.165, 1.54) is 31.6 Å². The Bertz CT molecular complexity index is 813. The van der Waals surface area contributed by atoms with Gasteiger partial charge in [-0.25, -0.2) is 4.79 Å². The molecule has 0 radical (unpaired) electrons. The molecule has 7 nitrogen and oxygen atoms in total. The first-order chi connectivity index (χ1) is 12.5. The number of ether oxygens (including phenoxy) is 3. The largest absolute Gasteiger partial charge is 0.493 e. The van der Waals surface area contributed by atoms with Crippen molar-refractivity contribution in [1.29, 1.82) is 0 Å². The van der Waals surface area contributed by atoms with E-state index >= 15 is 0 Å². The first kappa shape index (κ1) is 19.2. The van der Waals surface area contributed by atoms with Crippen molar-refractivity contribution in [2.75, 3.05) is 20.8 Å². The van der Waals surface area contributed by atoms with Crippen molar-refractivity contribution in [3.8, 4) is 11.5 Å². The molecular formula is C18H17NO6S. The van der Waals surface area contributed by atoms with E-state index in [2.05, 4.69) is 5.32 Å². The molecule has 2 aromatic rings. The third-order valence-corrected chi connectivity index (χ3v) is 4.04. The van der Waals surface area contributed by atoms with Crippen molar-refractivity contribution in [3.05, 3.63) is 52.2 Å². The lowest BCUT2D eigenvalue weighted by atomic mass is 10.1. The highest BCUT2D eigenvalue weighted by atomic mass is 32.1. The molecule has 26 heavy (non-hydrogen) atoms. The minimum Gasteiger partial charge on any atom is -0.493 e. The summed E-state index contributed by atoms with van der Waals surface area (Å²) in [6.07, 6.45) is 2.64. The van der Waals surface area contributed by atoms with Crippen LogP contribution in [-0.4, -0.2) is 38.6 Å². The Morgan fingerprint density at radius 3 is 2.58 bits per heavy atom. The second-order valence-electron chi connectivity index (χ2n) is 4.88. The molecule has 1 aromatic heterocycles. The standard InChI is InChI=1S/C18H17NO6S/c1-23-13-6-3-5-12(17(13)24-2)8-9-16(21)25-11-15(20)19-18(22)14-7-4-10-26-14/h3-10H,11H2,1-2H3,(H,19,20,22)/b9-8+. The van der Waals surface area contributed by atoms with Crippen LogP contribution in [0.5, 0.6) is 11.5 Å². The zero-order valence-corrected chi connectivity index (χ0v) is 15.0. The molecule has 136 valence electrons. The van der Waals surface area contributed by atoms with E-state index in [4.69, 9.17) is 14.2 Å². The minimum atomic E-state index is -0.728. The molecular weight excluding hydrogens is 358 g/mol. The molecule has 0 atom stereocenters. The fourth-order valence-corrected chi connectivity index (χ4v) is 2.64. The summed E-state index contributed by atoms with van der Waals surface area (Å²) >= 11 is 1.20. The molecule has 0 spiro atoms. The van der Waals surface area contributed by atoms with E-state index in [0.717, 1.165) is 6.08 Å². The number of rotatable bonds is 7. The highest BCUT2D eigenvalue weighted by molar-refractivity contribution is 7.12. The molecule has 8 heteroatoms. The Morgan fingerprint density at radius 1 is 1.12 bits per heavy atom. The number of para-hydroxylation sites is 1. The Kier molecular flexibility index (Phi) is 6.92. The SMILES string of the molecule is COc1cccc(/C=C/C(=O)OCC(=O)NC(=O)c2cccs2)c1OC. The van der Waals surface area contributed by atoms with Gasteiger partial charge in [0.05, 0.1) is 19.1 Å². The summed E-state index contributed by atoms with van der Waals surface area (Å²) in [7, 11) is 3.00. The first-order valence-electron chi connectivity index (χ1n) is 7.48. The fourth-order valence-electron chi connectivity index (χ4n) is 2.02. The zero-order valence-electron chi connectivity index (χ0n) is 14.2. The van der Waals surface area contributed by atoms with Crippen LogP contribution >= 0.6 is 11.3 Å². The minimum absolute atomic E-state index is 0.398. The highest BCUT2D eigenvalue weighted by Crippen LogP contribution is 2.31. The van der Waals surface area contributed by atoms with Gasteiger partial charge in [0.1, 0.15) is 0 Å². The molecule has 2 rings (SSSR count). The maximum absolute atomic E-state index is 11.7. The van der Waals surface area contributed by atoms with Gasteiger partial charge in [-0.3, -0.25) is 14.9 Å². The van der Waals surface area contributed by atoms with Crippen molar-refractivity contribution < 1.29 is 28.6 Å². The first-order valence-corrected chi connectivity index (χ1v) is 8.36. The second-order valence-corrected chi connectivity index (χ2v) is 5.83. The Balaban J connectivity index is 1.88. The number of carbonyl (C=O) groups is 3. The molecule has 2 amide bonds. The summed E-state index contributed by atoms with van der Waals surface area (Å²) in [5.74, 6) is -0.969. The van der Waals surface area contributed by atoms with Crippen LogP contribution in [0.25, 0.3) is 6.08 Å². The number of nitrogens with one attached hydrogen (secondary N) is 1. The predicted molar refractivity (Wildman–Crippen MR) is 96.3 cm³/mol. The van der Waals surface area contributed by atoms with Gasteiger partial charge in [-0.05, 0) is 23.6 Å². The van der Waals surface area contributed by atoms with Crippen molar-refractivity contribution in [1.82, 2.24) is 5.32 Å². The van der Waals surface area contributed by atoms with E-state index < -0.39 is 24.4 Å². The summed E-state index contributed by atoms with van der Waals surface area (Å²) in [6.45, 7) is -0.560. The van der Waals surface area contributed by atoms with Crippen LogP contribution in [0.4, 0.5) is 0 Å². The number of hydrogen-bond acceptors (Lipinski definition) is 7. The second kappa shape index (κ2) is 9.38. The van der Waals surface area contributed by atoms with Crippen LogP contribution in [0.2, 0.25) is 0 Å². The molecule has 0 saturated carbocycles. The van der Waals surface area contributed by atoms with Gasteiger partial charge in [-0.1, -0.05) is 18.2 Å². The third kappa shape index (κ3) is 5.18. The molecule has 0 bridgehead atoms. The average molecular weight is 375 g/mol. The quantitative estimate of drug-likeness (QED) is 0.590. The van der Waals surface area contributed by atoms with Crippen LogP contribution in [0.3, 0.4) is 0 Å². The van der Waals surface area contributed by atoms with Gasteiger partial charge in [0, 0.05) is 11.6 Å². The van der Waals surface area contributed by atoms with Crippen LogP contribution < -0.4 is 14.8 Å². The van der Waals surface area contributed by atoms with Crippen molar-refractivity contribution in [2.24, 2.45) is 0 Å². The van der Waals surface area contributed by atoms with Gasteiger partial charge in [0.2, 0.25) is 0 Å². The van der Waals surface area contributed by atoms with E-state index in [1.54, 1.807) is 35.7 Å². The summed E-state index contributed by atoms with van der Waals surface area (Å²) in [5, 5.41) is 3.86. The summed E-state index contributed by atoms with van der Waals surface area (Å²) in [4.78, 5) is 35.5. The van der Waals surface area contributed by atoms with Gasteiger partial charge in [0.15, 0.2) is 18.1 Å². The summed E-state index contributed by atoms with van der Waals surface area (Å²) < 4.78 is 15.2. The smallest absolute Gasteiger partial charge is 0.331 e. The van der Waals surface area contributed by atoms with Crippen molar-refractivity contribution in [3.63, 3.8) is 0 Å². The van der Waals surface area contributed by atoms with Gasteiger partial charge >= 0.3 is 5.97 Å². The monoisotopic (exact) mass is 375 g/mol. The number of thiophene rings is 1. The number of hydrogen-bond donors (Lipinski definition) is 1. The van der Waals surface area contributed by atoms with Crippen LogP contribution in [0.1, 0.15) is 15.2 Å². The summed E-state index contributed by atoms with van der Waals surface area (Å²) in [6, 6.07) is 8.49. The third-order valence-electron chi connectivity index (χ3n) is 3.18. The normalized spacial score (nSPS) is 10.4. The molecule has 0 fully saturated rings. The number of amides is 2. The Labute approximate surface area is 154 Å². The number of carbonyl (C=O) groups excluding carboxylic acids is 3. The average Bonchev–Trinajstić information content (AvgIpc) is 3.19. The maximum atomic E-state index is 11.7. The molecule has 1 heterocycles. The van der Waals surface area contributed by atoms with Crippen molar-refractivity contribution >= 4 is 35.2 Å². The van der Waals surface area contributed by atoms with Crippen LogP contribution in [-0.2, 0) is 14.3 Å². The predicted octanol–water partition coefficient (Wildman–Crippen LogP) is 2.28. The molecule has 0 saturated heterocycles. The van der Waals surface area contributed by atoms with Gasteiger partial charge in [-0.2, -0.15) is 0 Å². The lowest BCUT2D eigenvalue weighted by molar-refractivity contribution is -0.143. The van der Waals surface area contributed by atoms with E-state index in [0.29, 0.717) is 21.9 Å². The number of benzene rings is 1. The van der Waals surface area contributed by atoms with Gasteiger partial charge < -0.3 is 14.2 Å². The van der Waals surface area contributed by atoms with Gasteiger partial charge in [-0.15, -0.1) is 11.3 Å². The maximum Gasteiger partial charge on any atom is 0.331 e. The molecule has 1 aromatic carbocycles. The summed E-state index contributed by atoms with van der Waals surface area (Å²) in [5.41, 5.74) is 0.612. The molecule has 1 N–H and O–H groups in total. The zero-order chi connectivity index (χ0) is 18.9. The topological polar surface area (TPSA) is 90.9 Å². The number of methoxy groups -OCH3 is 2. The highest BCUT2D eigenvalue weighted by Gasteiger charge is 2.12. The van der Waals surface area contributed by atoms with Crippen LogP contribution in [0, 0.1) is 0 Å². The van der Waals surface area contributed by atoms with Gasteiger partial charge in [0.25, 0.3) is 11.8 Å². The Hall–Kier alpha value is -3.13. The fraction of sp³-hybridized carbons (Fsp3) is 0.167. The van der Waals surface area contributed by atoms with E-state index in [1.807, 2.05) is 0 Å². The van der Waals surface area contributed by atoms with Crippen LogP contribution in [0.15, 0.2) is 41.8 Å².